The molecule has 4 rings (SSSR count). The van der Waals surface area contributed by atoms with Gasteiger partial charge in [-0.05, 0) is 62.4 Å². The first-order valence-electron chi connectivity index (χ1n) is 11.5. The molecule has 1 amide bonds. The first-order chi connectivity index (χ1) is 17.7. The summed E-state index contributed by atoms with van der Waals surface area (Å²) >= 11 is 1.30. The summed E-state index contributed by atoms with van der Waals surface area (Å²) in [4.78, 5) is 24.5. The van der Waals surface area contributed by atoms with Gasteiger partial charge < -0.3 is 9.47 Å². The maximum Gasteiger partial charge on any atom is 0.260 e. The molecule has 2 heterocycles. The first kappa shape index (κ1) is 26.5. The van der Waals surface area contributed by atoms with Gasteiger partial charge in [0.15, 0.2) is 5.13 Å². The summed E-state index contributed by atoms with van der Waals surface area (Å²) in [7, 11) is 0.989. The van der Waals surface area contributed by atoms with E-state index in [1.54, 1.807) is 52.5 Å². The van der Waals surface area contributed by atoms with Gasteiger partial charge in [0.25, 0.3) is 5.91 Å². The predicted octanol–water partition coefficient (Wildman–Crippen LogP) is 4.58. The Kier molecular flexibility index (Phi) is 7.76. The molecule has 0 spiro atoms. The second-order valence-electron chi connectivity index (χ2n) is 8.50. The Morgan fingerprint density at radius 3 is 2.27 bits per heavy atom. The third-order valence-corrected chi connectivity index (χ3v) is 9.07. The number of methoxy groups -OCH3 is 2. The maximum absolute atomic E-state index is 13.8. The van der Waals surface area contributed by atoms with Crippen LogP contribution < -0.4 is 14.4 Å². The quantitative estimate of drug-likeness (QED) is 0.306. The third-order valence-electron chi connectivity index (χ3n) is 5.93. The molecular formula is C26H28N4O5S2. The Morgan fingerprint density at radius 2 is 1.68 bits per heavy atom. The van der Waals surface area contributed by atoms with E-state index in [4.69, 9.17) is 14.5 Å². The molecule has 11 heteroatoms. The smallest absolute Gasteiger partial charge is 0.260 e. The average molecular weight is 541 g/mol. The molecule has 0 bridgehead atoms. The summed E-state index contributed by atoms with van der Waals surface area (Å²) in [5.74, 6) is 0.838. The minimum atomic E-state index is -3.67. The number of carbonyl (C=O) groups excluding carboxylic acids is 1. The van der Waals surface area contributed by atoms with Crippen molar-refractivity contribution >= 4 is 42.6 Å². The van der Waals surface area contributed by atoms with E-state index in [-0.39, 0.29) is 23.4 Å². The molecule has 0 radical (unpaired) electrons. The maximum atomic E-state index is 13.8. The number of pyridine rings is 1. The number of hydrogen-bond donors (Lipinski definition) is 0. The normalized spacial score (nSPS) is 11.8. The van der Waals surface area contributed by atoms with Crippen LogP contribution >= 0.6 is 11.3 Å². The van der Waals surface area contributed by atoms with Gasteiger partial charge in [0, 0.05) is 24.8 Å². The summed E-state index contributed by atoms with van der Waals surface area (Å²) in [5.41, 5.74) is 1.57. The number of ether oxygens (including phenoxy) is 2. The van der Waals surface area contributed by atoms with Crippen LogP contribution in [0.3, 0.4) is 0 Å². The van der Waals surface area contributed by atoms with Crippen LogP contribution in [0.1, 0.15) is 29.9 Å². The zero-order valence-corrected chi connectivity index (χ0v) is 22.8. The molecule has 0 N–H and O–H groups in total. The van der Waals surface area contributed by atoms with Crippen LogP contribution in [0, 0.1) is 0 Å². The first-order valence-corrected chi connectivity index (χ1v) is 13.7. The van der Waals surface area contributed by atoms with Gasteiger partial charge in [-0.15, -0.1) is 0 Å². The number of hydrogen-bond acceptors (Lipinski definition) is 8. The van der Waals surface area contributed by atoms with Gasteiger partial charge in [0.1, 0.15) is 21.7 Å². The highest BCUT2D eigenvalue weighted by atomic mass is 32.2. The monoisotopic (exact) mass is 540 g/mol. The molecule has 0 fully saturated rings. The van der Waals surface area contributed by atoms with Crippen LogP contribution in [0.25, 0.3) is 10.2 Å². The SMILES string of the molecule is COc1ccc(OC)c2sc(N(Cc3ccccn3)C(=O)c3ccc(S(=O)(=O)N(C)C(C)C)cc3)nc12. The van der Waals surface area contributed by atoms with Crippen LogP contribution in [0.2, 0.25) is 0 Å². The van der Waals surface area contributed by atoms with Crippen LogP contribution in [-0.4, -0.2) is 55.9 Å². The van der Waals surface area contributed by atoms with E-state index < -0.39 is 10.0 Å². The minimum Gasteiger partial charge on any atom is -0.495 e. The summed E-state index contributed by atoms with van der Waals surface area (Å²) < 4.78 is 38.7. The number of rotatable bonds is 9. The van der Waals surface area contributed by atoms with Gasteiger partial charge in [0.2, 0.25) is 10.0 Å². The van der Waals surface area contributed by atoms with Crippen LogP contribution in [0.4, 0.5) is 5.13 Å². The molecule has 0 saturated heterocycles. The van der Waals surface area contributed by atoms with E-state index in [0.29, 0.717) is 33.4 Å². The third kappa shape index (κ3) is 5.29. The van der Waals surface area contributed by atoms with Crippen molar-refractivity contribution in [1.29, 1.82) is 0 Å². The molecule has 2 aromatic heterocycles. The fraction of sp³-hybridized carbons (Fsp3) is 0.269. The largest absolute Gasteiger partial charge is 0.495 e. The van der Waals surface area contributed by atoms with Gasteiger partial charge in [0.05, 0.1) is 31.4 Å². The van der Waals surface area contributed by atoms with Crippen molar-refractivity contribution in [2.45, 2.75) is 31.3 Å². The fourth-order valence-corrected chi connectivity index (χ4v) is 6.08. The summed E-state index contributed by atoms with van der Waals surface area (Å²) in [5, 5.41) is 0.435. The Balaban J connectivity index is 1.76. The lowest BCUT2D eigenvalue weighted by atomic mass is 10.2. The average Bonchev–Trinajstić information content (AvgIpc) is 3.36. The van der Waals surface area contributed by atoms with Gasteiger partial charge in [-0.2, -0.15) is 4.31 Å². The van der Waals surface area contributed by atoms with Gasteiger partial charge >= 0.3 is 0 Å². The number of carbonyl (C=O) groups is 1. The zero-order chi connectivity index (χ0) is 26.7. The molecule has 0 aliphatic heterocycles. The van der Waals surface area contributed by atoms with Crippen LogP contribution in [0.5, 0.6) is 11.5 Å². The van der Waals surface area contributed by atoms with Gasteiger partial charge in [-0.3, -0.25) is 14.7 Å². The highest BCUT2D eigenvalue weighted by Gasteiger charge is 2.26. The molecule has 0 saturated carbocycles. The number of benzene rings is 2. The van der Waals surface area contributed by atoms with E-state index in [0.717, 1.165) is 4.70 Å². The van der Waals surface area contributed by atoms with Gasteiger partial charge in [-0.25, -0.2) is 13.4 Å². The topological polar surface area (TPSA) is 102 Å². The van der Waals surface area contributed by atoms with E-state index in [2.05, 4.69) is 4.98 Å². The van der Waals surface area contributed by atoms with E-state index in [1.807, 2.05) is 12.1 Å². The Hall–Kier alpha value is -3.54. The molecule has 2 aromatic carbocycles. The van der Waals surface area contributed by atoms with Crippen molar-refractivity contribution in [2.75, 3.05) is 26.2 Å². The Morgan fingerprint density at radius 1 is 1.00 bits per heavy atom. The zero-order valence-electron chi connectivity index (χ0n) is 21.2. The van der Waals surface area contributed by atoms with Crippen molar-refractivity contribution in [3.63, 3.8) is 0 Å². The predicted molar refractivity (Wildman–Crippen MR) is 144 cm³/mol. The van der Waals surface area contributed by atoms with E-state index in [1.165, 1.54) is 51.9 Å². The minimum absolute atomic E-state index is 0.117. The number of sulfonamides is 1. The summed E-state index contributed by atoms with van der Waals surface area (Å²) in [6.07, 6.45) is 1.66. The number of nitrogens with zero attached hydrogens (tertiary/aromatic N) is 4. The molecule has 4 aromatic rings. The van der Waals surface area contributed by atoms with Crippen molar-refractivity contribution < 1.29 is 22.7 Å². The molecule has 194 valence electrons. The lowest BCUT2D eigenvalue weighted by Gasteiger charge is -2.22. The lowest BCUT2D eigenvalue weighted by molar-refractivity contribution is 0.0984. The standard InChI is InChI=1S/C26H28N4O5S2/c1-17(2)29(3)37(32,33)20-11-9-18(10-12-20)25(31)30(16-19-8-6-7-15-27-19)26-28-23-21(34-4)13-14-22(35-5)24(23)36-26/h6-15,17H,16H2,1-5H3. The Bertz CT molecular complexity index is 1460. The molecule has 0 unspecified atom stereocenters. The van der Waals surface area contributed by atoms with Gasteiger partial charge in [-0.1, -0.05) is 17.4 Å². The Labute approximate surface area is 220 Å². The second-order valence-corrected chi connectivity index (χ2v) is 11.5. The van der Waals surface area contributed by atoms with Crippen molar-refractivity contribution in [2.24, 2.45) is 0 Å². The van der Waals surface area contributed by atoms with Crippen molar-refractivity contribution in [1.82, 2.24) is 14.3 Å². The molecule has 0 aliphatic rings. The number of aromatic nitrogens is 2. The number of fused-ring (bicyclic) bond motifs is 1. The van der Waals surface area contributed by atoms with Crippen LogP contribution in [-0.2, 0) is 16.6 Å². The molecule has 37 heavy (non-hydrogen) atoms. The summed E-state index contributed by atoms with van der Waals surface area (Å²) in [6.45, 7) is 3.76. The van der Waals surface area contributed by atoms with Crippen LogP contribution in [0.15, 0.2) is 65.7 Å². The number of anilines is 1. The lowest BCUT2D eigenvalue weighted by Crippen LogP contribution is -2.33. The molecule has 9 nitrogen and oxygen atoms in total. The number of thiazole rings is 1. The van der Waals surface area contributed by atoms with Crippen molar-refractivity contribution in [3.8, 4) is 11.5 Å². The van der Waals surface area contributed by atoms with Crippen molar-refractivity contribution in [3.05, 3.63) is 72.1 Å². The highest BCUT2D eigenvalue weighted by Crippen LogP contribution is 2.40. The molecular weight excluding hydrogens is 512 g/mol. The second kappa shape index (κ2) is 10.8. The fourth-order valence-electron chi connectivity index (χ4n) is 3.64. The summed E-state index contributed by atoms with van der Waals surface area (Å²) in [6, 6.07) is 14.8. The highest BCUT2D eigenvalue weighted by molar-refractivity contribution is 7.89. The number of amides is 1. The van der Waals surface area contributed by atoms with E-state index in [9.17, 15) is 13.2 Å². The molecule has 0 atom stereocenters. The molecule has 0 aliphatic carbocycles. The van der Waals surface area contributed by atoms with E-state index >= 15 is 0 Å².